The van der Waals surface area contributed by atoms with E-state index in [4.69, 9.17) is 0 Å². The lowest BCUT2D eigenvalue weighted by molar-refractivity contribution is 0.0272. The molecular weight excluding hydrogens is 328 g/mol. The molecule has 1 unspecified atom stereocenters. The summed E-state index contributed by atoms with van der Waals surface area (Å²) in [5.74, 6) is 0. The van der Waals surface area contributed by atoms with Gasteiger partial charge in [-0.2, -0.15) is 5.10 Å². The highest BCUT2D eigenvalue weighted by molar-refractivity contribution is 9.10. The van der Waals surface area contributed by atoms with Crippen molar-refractivity contribution in [2.45, 2.75) is 44.1 Å². The normalized spacial score (nSPS) is 18.3. The molecule has 2 aromatic rings. The Kier molecular flexibility index (Phi) is 3.93. The van der Waals surface area contributed by atoms with E-state index in [9.17, 15) is 5.11 Å². The van der Waals surface area contributed by atoms with Gasteiger partial charge in [0.1, 0.15) is 0 Å². The number of aryl methyl sites for hydroxylation is 2. The SMILES string of the molecule is Cc1nn(C)c(CC(O)C2(c3ccccc3)CCC2)c1Br. The molecule has 0 aliphatic heterocycles. The molecule has 1 aliphatic rings. The van der Waals surface area contributed by atoms with Gasteiger partial charge in [-0.1, -0.05) is 36.8 Å². The highest BCUT2D eigenvalue weighted by Gasteiger charge is 2.45. The van der Waals surface area contributed by atoms with Crippen LogP contribution in [0.25, 0.3) is 0 Å². The van der Waals surface area contributed by atoms with Gasteiger partial charge >= 0.3 is 0 Å². The minimum Gasteiger partial charge on any atom is -0.392 e. The number of nitrogens with zero attached hydrogens (tertiary/aromatic N) is 2. The fraction of sp³-hybridized carbons (Fsp3) is 0.471. The van der Waals surface area contributed by atoms with Crippen molar-refractivity contribution in [1.29, 1.82) is 0 Å². The van der Waals surface area contributed by atoms with Crippen LogP contribution in [0.3, 0.4) is 0 Å². The molecule has 21 heavy (non-hydrogen) atoms. The Morgan fingerprint density at radius 2 is 2.00 bits per heavy atom. The molecule has 1 heterocycles. The summed E-state index contributed by atoms with van der Waals surface area (Å²) in [5.41, 5.74) is 3.22. The van der Waals surface area contributed by atoms with Crippen molar-refractivity contribution in [3.8, 4) is 0 Å². The van der Waals surface area contributed by atoms with E-state index in [0.717, 1.165) is 28.7 Å². The topological polar surface area (TPSA) is 38.0 Å². The van der Waals surface area contributed by atoms with Crippen molar-refractivity contribution in [3.05, 3.63) is 51.8 Å². The Morgan fingerprint density at radius 3 is 2.48 bits per heavy atom. The molecule has 0 amide bonds. The first-order valence-electron chi connectivity index (χ1n) is 7.46. The first-order chi connectivity index (χ1) is 10.0. The Balaban J connectivity index is 1.88. The molecule has 4 heteroatoms. The van der Waals surface area contributed by atoms with Gasteiger partial charge < -0.3 is 5.11 Å². The Bertz CT molecular complexity index is 632. The summed E-state index contributed by atoms with van der Waals surface area (Å²) >= 11 is 3.60. The molecule has 1 fully saturated rings. The zero-order chi connectivity index (χ0) is 15.0. The van der Waals surface area contributed by atoms with Crippen LogP contribution in [0, 0.1) is 6.92 Å². The van der Waals surface area contributed by atoms with Crippen molar-refractivity contribution in [2.75, 3.05) is 0 Å². The number of rotatable bonds is 4. The van der Waals surface area contributed by atoms with Crippen LogP contribution < -0.4 is 0 Å². The second-order valence-corrected chi connectivity index (χ2v) is 6.86. The molecule has 112 valence electrons. The van der Waals surface area contributed by atoms with Crippen LogP contribution in [-0.2, 0) is 18.9 Å². The van der Waals surface area contributed by atoms with Crippen molar-refractivity contribution in [2.24, 2.45) is 7.05 Å². The summed E-state index contributed by atoms with van der Waals surface area (Å²) in [6.45, 7) is 1.98. The van der Waals surface area contributed by atoms with E-state index in [1.54, 1.807) is 0 Å². The second-order valence-electron chi connectivity index (χ2n) is 6.07. The number of aliphatic hydroxyl groups excluding tert-OH is 1. The van der Waals surface area contributed by atoms with Crippen molar-refractivity contribution >= 4 is 15.9 Å². The molecule has 0 bridgehead atoms. The van der Waals surface area contributed by atoms with Gasteiger partial charge in [0.2, 0.25) is 0 Å². The molecule has 0 radical (unpaired) electrons. The third-order valence-corrected chi connectivity index (χ3v) is 5.91. The molecular formula is C17H21BrN2O. The van der Waals surface area contributed by atoms with Crippen molar-refractivity contribution < 1.29 is 5.11 Å². The number of hydrogen-bond acceptors (Lipinski definition) is 2. The molecule has 1 N–H and O–H groups in total. The number of hydrogen-bond donors (Lipinski definition) is 1. The van der Waals surface area contributed by atoms with Crippen LogP contribution in [0.15, 0.2) is 34.8 Å². The molecule has 3 nitrogen and oxygen atoms in total. The number of benzene rings is 1. The fourth-order valence-electron chi connectivity index (χ4n) is 3.42. The summed E-state index contributed by atoms with van der Waals surface area (Å²) in [7, 11) is 1.94. The van der Waals surface area contributed by atoms with E-state index in [1.165, 1.54) is 12.0 Å². The molecule has 1 aromatic carbocycles. The second kappa shape index (κ2) is 5.58. The standard InChI is InChI=1S/C17H21BrN2O/c1-12-16(18)14(20(2)19-12)11-15(21)17(9-6-10-17)13-7-4-3-5-8-13/h3-5,7-8,15,21H,6,9-11H2,1-2H3. The van der Waals surface area contributed by atoms with Crippen LogP contribution >= 0.6 is 15.9 Å². The quantitative estimate of drug-likeness (QED) is 0.917. The summed E-state index contributed by atoms with van der Waals surface area (Å²) < 4.78 is 2.89. The van der Waals surface area contributed by atoms with Gasteiger partial charge in [-0.05, 0) is 41.3 Å². The average molecular weight is 349 g/mol. The maximum Gasteiger partial charge on any atom is 0.0738 e. The largest absolute Gasteiger partial charge is 0.392 e. The van der Waals surface area contributed by atoms with E-state index in [-0.39, 0.29) is 11.5 Å². The predicted octanol–water partition coefficient (Wildman–Crippen LogP) is 3.52. The van der Waals surface area contributed by atoms with E-state index < -0.39 is 0 Å². The summed E-state index contributed by atoms with van der Waals surface area (Å²) in [6.07, 6.45) is 3.57. The molecule has 1 aliphatic carbocycles. The van der Waals surface area contributed by atoms with E-state index in [2.05, 4.69) is 45.3 Å². The summed E-state index contributed by atoms with van der Waals surface area (Å²) in [4.78, 5) is 0. The average Bonchev–Trinajstić information content (AvgIpc) is 2.65. The Hall–Kier alpha value is -1.13. The van der Waals surface area contributed by atoms with Gasteiger partial charge in [0.05, 0.1) is 22.0 Å². The number of aliphatic hydroxyl groups is 1. The minimum absolute atomic E-state index is 0.0844. The monoisotopic (exact) mass is 348 g/mol. The molecule has 0 saturated heterocycles. The van der Waals surface area contributed by atoms with Crippen LogP contribution in [0.5, 0.6) is 0 Å². The van der Waals surface area contributed by atoms with Gasteiger partial charge in [0, 0.05) is 18.9 Å². The number of aromatic nitrogens is 2. The maximum atomic E-state index is 10.9. The highest BCUT2D eigenvalue weighted by Crippen LogP contribution is 2.47. The Morgan fingerprint density at radius 1 is 1.33 bits per heavy atom. The van der Waals surface area contributed by atoms with Crippen molar-refractivity contribution in [1.82, 2.24) is 9.78 Å². The highest BCUT2D eigenvalue weighted by atomic mass is 79.9. The smallest absolute Gasteiger partial charge is 0.0738 e. The van der Waals surface area contributed by atoms with Crippen LogP contribution in [-0.4, -0.2) is 21.0 Å². The van der Waals surface area contributed by atoms with Gasteiger partial charge in [-0.3, -0.25) is 4.68 Å². The Labute approximate surface area is 134 Å². The van der Waals surface area contributed by atoms with Gasteiger partial charge in [0.25, 0.3) is 0 Å². The van der Waals surface area contributed by atoms with Crippen LogP contribution in [0.4, 0.5) is 0 Å². The van der Waals surface area contributed by atoms with E-state index in [0.29, 0.717) is 6.42 Å². The summed E-state index contributed by atoms with van der Waals surface area (Å²) in [5, 5.41) is 15.3. The first-order valence-corrected chi connectivity index (χ1v) is 8.25. The first kappa shape index (κ1) is 14.8. The lowest BCUT2D eigenvalue weighted by atomic mass is 9.60. The van der Waals surface area contributed by atoms with Gasteiger partial charge in [-0.25, -0.2) is 0 Å². The lowest BCUT2D eigenvalue weighted by Gasteiger charge is -2.46. The lowest BCUT2D eigenvalue weighted by Crippen LogP contribution is -2.46. The molecule has 1 aromatic heterocycles. The maximum absolute atomic E-state index is 10.9. The zero-order valence-electron chi connectivity index (χ0n) is 12.5. The fourth-order valence-corrected chi connectivity index (χ4v) is 3.92. The van der Waals surface area contributed by atoms with Gasteiger partial charge in [-0.15, -0.1) is 0 Å². The molecule has 0 spiro atoms. The molecule has 1 saturated carbocycles. The zero-order valence-corrected chi connectivity index (χ0v) is 14.1. The van der Waals surface area contributed by atoms with E-state index >= 15 is 0 Å². The van der Waals surface area contributed by atoms with E-state index in [1.807, 2.05) is 24.7 Å². The molecule has 3 rings (SSSR count). The van der Waals surface area contributed by atoms with Crippen LogP contribution in [0.1, 0.15) is 36.2 Å². The third-order valence-electron chi connectivity index (χ3n) is 4.88. The third kappa shape index (κ3) is 2.44. The predicted molar refractivity (Wildman–Crippen MR) is 87.3 cm³/mol. The summed E-state index contributed by atoms with van der Waals surface area (Å²) in [6, 6.07) is 10.4. The molecule has 1 atom stereocenters. The van der Waals surface area contributed by atoms with Crippen LogP contribution in [0.2, 0.25) is 0 Å². The minimum atomic E-state index is -0.375. The van der Waals surface area contributed by atoms with Gasteiger partial charge in [0.15, 0.2) is 0 Å². The van der Waals surface area contributed by atoms with Crippen molar-refractivity contribution in [3.63, 3.8) is 0 Å². The number of halogens is 1.